The zero-order valence-corrected chi connectivity index (χ0v) is 5.46. The van der Waals surface area contributed by atoms with Crippen molar-refractivity contribution in [2.24, 2.45) is 0 Å². The van der Waals surface area contributed by atoms with Gasteiger partial charge in [-0.3, -0.25) is 0 Å². The Balaban J connectivity index is 2.32. The average molecular weight is 152 g/mol. The molecular weight excluding hydrogens is 142 g/mol. The van der Waals surface area contributed by atoms with Gasteiger partial charge in [0.15, 0.2) is 0 Å². The van der Waals surface area contributed by atoms with Gasteiger partial charge in [-0.1, -0.05) is 0 Å². The SMILES string of the molecule is O[C@H](C(F)F)[C@@H]1CCCO1. The molecule has 1 aliphatic rings. The number of aliphatic hydroxyl groups is 1. The molecule has 0 spiro atoms. The van der Waals surface area contributed by atoms with Crippen LogP contribution in [0.1, 0.15) is 12.8 Å². The summed E-state index contributed by atoms with van der Waals surface area (Å²) in [7, 11) is 0. The Hall–Kier alpha value is -0.220. The fraction of sp³-hybridized carbons (Fsp3) is 1.00. The van der Waals surface area contributed by atoms with Gasteiger partial charge in [-0.25, -0.2) is 8.78 Å². The van der Waals surface area contributed by atoms with Crippen molar-refractivity contribution < 1.29 is 18.6 Å². The zero-order chi connectivity index (χ0) is 7.56. The highest BCUT2D eigenvalue weighted by Crippen LogP contribution is 2.19. The molecule has 1 saturated heterocycles. The second kappa shape index (κ2) is 3.25. The van der Waals surface area contributed by atoms with Crippen LogP contribution in [0.4, 0.5) is 8.78 Å². The highest BCUT2D eigenvalue weighted by Gasteiger charge is 2.30. The minimum atomic E-state index is -2.68. The molecule has 0 bridgehead atoms. The van der Waals surface area contributed by atoms with Crippen molar-refractivity contribution >= 4 is 0 Å². The summed E-state index contributed by atoms with van der Waals surface area (Å²) >= 11 is 0. The molecule has 4 heteroatoms. The van der Waals surface area contributed by atoms with Crippen molar-refractivity contribution in [2.45, 2.75) is 31.5 Å². The van der Waals surface area contributed by atoms with E-state index in [9.17, 15) is 8.78 Å². The molecule has 1 fully saturated rings. The lowest BCUT2D eigenvalue weighted by Crippen LogP contribution is -2.31. The van der Waals surface area contributed by atoms with Gasteiger partial charge in [-0.2, -0.15) is 0 Å². The average Bonchev–Trinajstić information content (AvgIpc) is 2.36. The quantitative estimate of drug-likeness (QED) is 0.634. The second-order valence-electron chi connectivity index (χ2n) is 2.38. The molecule has 2 atom stereocenters. The van der Waals surface area contributed by atoms with Gasteiger partial charge >= 0.3 is 0 Å². The maximum Gasteiger partial charge on any atom is 0.266 e. The van der Waals surface area contributed by atoms with Crippen molar-refractivity contribution in [3.63, 3.8) is 0 Å². The van der Waals surface area contributed by atoms with E-state index < -0.39 is 18.6 Å². The predicted octanol–water partition coefficient (Wildman–Crippen LogP) is 0.791. The molecule has 10 heavy (non-hydrogen) atoms. The number of hydrogen-bond acceptors (Lipinski definition) is 2. The Kier molecular flexibility index (Phi) is 2.56. The Morgan fingerprint density at radius 2 is 2.20 bits per heavy atom. The van der Waals surface area contributed by atoms with Crippen LogP contribution in [-0.4, -0.2) is 30.3 Å². The Labute approximate surface area is 57.8 Å². The summed E-state index contributed by atoms with van der Waals surface area (Å²) < 4.78 is 28.3. The van der Waals surface area contributed by atoms with Crippen molar-refractivity contribution in [2.75, 3.05) is 6.61 Å². The lowest BCUT2D eigenvalue weighted by molar-refractivity contribution is -0.0827. The monoisotopic (exact) mass is 152 g/mol. The van der Waals surface area contributed by atoms with Crippen molar-refractivity contribution in [3.05, 3.63) is 0 Å². The Bertz CT molecular complexity index is 102. The molecule has 0 saturated carbocycles. The summed E-state index contributed by atoms with van der Waals surface area (Å²) in [6, 6.07) is 0. The molecule has 0 aliphatic carbocycles. The summed E-state index contributed by atoms with van der Waals surface area (Å²) in [6.07, 6.45) is -3.59. The number of alkyl halides is 2. The van der Waals surface area contributed by atoms with Gasteiger partial charge in [0, 0.05) is 6.61 Å². The number of hydrogen-bond donors (Lipinski definition) is 1. The first-order valence-corrected chi connectivity index (χ1v) is 3.29. The molecule has 1 aliphatic heterocycles. The molecule has 0 amide bonds. The lowest BCUT2D eigenvalue weighted by Gasteiger charge is -2.15. The largest absolute Gasteiger partial charge is 0.384 e. The maximum absolute atomic E-state index is 11.8. The molecule has 0 aromatic carbocycles. The van der Waals surface area contributed by atoms with E-state index in [-0.39, 0.29) is 0 Å². The van der Waals surface area contributed by atoms with Gasteiger partial charge in [0.25, 0.3) is 6.43 Å². The number of rotatable bonds is 2. The van der Waals surface area contributed by atoms with Crippen LogP contribution in [0, 0.1) is 0 Å². The molecule has 60 valence electrons. The van der Waals surface area contributed by atoms with E-state index in [1.165, 1.54) is 0 Å². The van der Waals surface area contributed by atoms with Crippen LogP contribution in [0.25, 0.3) is 0 Å². The summed E-state index contributed by atoms with van der Waals surface area (Å²) in [5.41, 5.74) is 0. The highest BCUT2D eigenvalue weighted by atomic mass is 19.3. The second-order valence-corrected chi connectivity index (χ2v) is 2.38. The minimum Gasteiger partial charge on any atom is -0.384 e. The van der Waals surface area contributed by atoms with Crippen molar-refractivity contribution in [3.8, 4) is 0 Å². The first-order chi connectivity index (χ1) is 4.72. The molecule has 0 aromatic heterocycles. The molecule has 0 aromatic rings. The first-order valence-electron chi connectivity index (χ1n) is 3.29. The summed E-state index contributed by atoms with van der Waals surface area (Å²) in [5, 5.41) is 8.75. The van der Waals surface area contributed by atoms with E-state index in [2.05, 4.69) is 0 Å². The summed E-state index contributed by atoms with van der Waals surface area (Å²) in [5.74, 6) is 0. The summed E-state index contributed by atoms with van der Waals surface area (Å²) in [4.78, 5) is 0. The van der Waals surface area contributed by atoms with E-state index in [0.717, 1.165) is 6.42 Å². The van der Waals surface area contributed by atoms with Gasteiger partial charge in [0.05, 0.1) is 6.10 Å². The standard InChI is InChI=1S/C6H10F2O2/c7-6(8)5(9)4-2-1-3-10-4/h4-6,9H,1-3H2/t4-,5-/m0/s1. The van der Waals surface area contributed by atoms with Crippen LogP contribution >= 0.6 is 0 Å². The Morgan fingerprint density at radius 1 is 1.50 bits per heavy atom. The smallest absolute Gasteiger partial charge is 0.266 e. The van der Waals surface area contributed by atoms with E-state index >= 15 is 0 Å². The molecule has 2 nitrogen and oxygen atoms in total. The third-order valence-electron chi connectivity index (χ3n) is 1.60. The topological polar surface area (TPSA) is 29.5 Å². The van der Waals surface area contributed by atoms with Crippen LogP contribution in [-0.2, 0) is 4.74 Å². The highest BCUT2D eigenvalue weighted by molar-refractivity contribution is 4.74. The maximum atomic E-state index is 11.8. The van der Waals surface area contributed by atoms with Crippen LogP contribution in [0.2, 0.25) is 0 Å². The number of aliphatic hydroxyl groups excluding tert-OH is 1. The van der Waals surface area contributed by atoms with Crippen LogP contribution in [0.15, 0.2) is 0 Å². The molecule has 0 radical (unpaired) electrons. The fourth-order valence-electron chi connectivity index (χ4n) is 1.03. The third kappa shape index (κ3) is 1.64. The molecular formula is C6H10F2O2. The molecule has 0 unspecified atom stereocenters. The van der Waals surface area contributed by atoms with Crippen molar-refractivity contribution in [1.82, 2.24) is 0 Å². The predicted molar refractivity (Wildman–Crippen MR) is 31.0 cm³/mol. The van der Waals surface area contributed by atoms with Gasteiger partial charge in [-0.05, 0) is 12.8 Å². The van der Waals surface area contributed by atoms with Crippen LogP contribution < -0.4 is 0 Å². The lowest BCUT2D eigenvalue weighted by atomic mass is 10.1. The molecule has 1 rings (SSSR count). The van der Waals surface area contributed by atoms with Gasteiger partial charge < -0.3 is 9.84 Å². The van der Waals surface area contributed by atoms with Crippen molar-refractivity contribution in [1.29, 1.82) is 0 Å². The minimum absolute atomic E-state index is 0.494. The van der Waals surface area contributed by atoms with E-state index in [1.54, 1.807) is 0 Å². The number of halogens is 2. The van der Waals surface area contributed by atoms with E-state index in [1.807, 2.05) is 0 Å². The third-order valence-corrected chi connectivity index (χ3v) is 1.60. The normalized spacial score (nSPS) is 29.4. The van der Waals surface area contributed by atoms with Gasteiger partial charge in [0.2, 0.25) is 0 Å². The fourth-order valence-corrected chi connectivity index (χ4v) is 1.03. The van der Waals surface area contributed by atoms with Gasteiger partial charge in [-0.15, -0.1) is 0 Å². The molecule has 1 heterocycles. The number of ether oxygens (including phenoxy) is 1. The summed E-state index contributed by atoms with van der Waals surface area (Å²) in [6.45, 7) is 0.494. The first kappa shape index (κ1) is 7.88. The van der Waals surface area contributed by atoms with Crippen LogP contribution in [0.3, 0.4) is 0 Å². The molecule has 1 N–H and O–H groups in total. The van der Waals surface area contributed by atoms with Crippen LogP contribution in [0.5, 0.6) is 0 Å². The van der Waals surface area contributed by atoms with E-state index in [4.69, 9.17) is 9.84 Å². The van der Waals surface area contributed by atoms with E-state index in [0.29, 0.717) is 13.0 Å². The zero-order valence-electron chi connectivity index (χ0n) is 5.46. The van der Waals surface area contributed by atoms with Gasteiger partial charge in [0.1, 0.15) is 6.10 Å². The Morgan fingerprint density at radius 3 is 2.60 bits per heavy atom.